The van der Waals surface area contributed by atoms with Crippen molar-refractivity contribution in [2.24, 2.45) is 29.0 Å². The van der Waals surface area contributed by atoms with E-state index in [-0.39, 0.29) is 65.2 Å². The largest absolute Gasteiger partial charge is 0.507 e. The highest BCUT2D eigenvalue weighted by Crippen LogP contribution is 2.35. The van der Waals surface area contributed by atoms with E-state index in [1.54, 1.807) is 52.8 Å². The van der Waals surface area contributed by atoms with Gasteiger partial charge in [0, 0.05) is 80.9 Å². The second kappa shape index (κ2) is 25.4. The van der Waals surface area contributed by atoms with Crippen molar-refractivity contribution in [3.63, 3.8) is 0 Å². The number of thiazole rings is 1. The van der Waals surface area contributed by atoms with Crippen LogP contribution in [0.4, 0.5) is 10.2 Å². The van der Waals surface area contributed by atoms with E-state index < -0.39 is 18.1 Å². The van der Waals surface area contributed by atoms with E-state index in [2.05, 4.69) is 54.5 Å². The number of phenols is 1. The number of likely N-dealkylation sites (tertiary alicyclic amines) is 2. The average Bonchev–Trinajstić information content (AvgIpc) is 4.18. The summed E-state index contributed by atoms with van der Waals surface area (Å²) in [6.45, 7) is 13.5. The number of piperidine rings is 2. The maximum Gasteiger partial charge on any atom is 0.243 e. The van der Waals surface area contributed by atoms with Crippen molar-refractivity contribution >= 4 is 34.7 Å². The fourth-order valence-corrected chi connectivity index (χ4v) is 11.2. The lowest BCUT2D eigenvalue weighted by atomic mass is 9.91. The van der Waals surface area contributed by atoms with Crippen molar-refractivity contribution in [3.05, 3.63) is 124 Å². The predicted octanol–water partition coefficient (Wildman–Crippen LogP) is 8.12. The molecule has 1 aliphatic carbocycles. The van der Waals surface area contributed by atoms with Crippen LogP contribution in [-0.4, -0.2) is 111 Å². The molecule has 4 fully saturated rings. The monoisotopic (exact) mass is 1050 g/mol. The number of hydrogen-bond donors (Lipinski definition) is 6. The maximum absolute atomic E-state index is 15.0. The molecule has 6 heterocycles. The van der Waals surface area contributed by atoms with Crippen molar-refractivity contribution < 1.29 is 33.5 Å². The fourth-order valence-electron chi connectivity index (χ4n) is 10.4. The zero-order valence-electron chi connectivity index (χ0n) is 43.7. The van der Waals surface area contributed by atoms with Gasteiger partial charge in [-0.25, -0.2) is 14.4 Å². The number of halogens is 1. The minimum absolute atomic E-state index is 0.00600. The summed E-state index contributed by atoms with van der Waals surface area (Å²) < 4.78 is 26.6. The van der Waals surface area contributed by atoms with Gasteiger partial charge in [-0.05, 0) is 124 Å². The van der Waals surface area contributed by atoms with E-state index in [1.165, 1.54) is 12.1 Å². The molecule has 1 saturated carbocycles. The van der Waals surface area contributed by atoms with Crippen LogP contribution in [-0.2, 0) is 16.0 Å². The number of nitrogens with two attached hydrogens (primary N) is 3. The normalized spacial score (nSPS) is 19.2. The Bertz CT molecular complexity index is 2740. The summed E-state index contributed by atoms with van der Waals surface area (Å²) in [4.78, 5) is 43.9. The number of aromatic nitrogens is 3. The number of nitrogens with one attached hydrogen (secondary N) is 1. The number of allylic oxidation sites excluding steroid dienone is 2. The number of alkyl halides is 1. The molecule has 75 heavy (non-hydrogen) atoms. The number of rotatable bonds is 17. The summed E-state index contributed by atoms with van der Waals surface area (Å²) >= 11 is 1.62. The van der Waals surface area contributed by atoms with Crippen LogP contribution in [0, 0.1) is 18.8 Å². The first kappa shape index (κ1) is 54.8. The number of hydrogen-bond acceptors (Lipinski definition) is 15. The Morgan fingerprint density at radius 1 is 0.920 bits per heavy atom. The van der Waals surface area contributed by atoms with Gasteiger partial charge in [0.1, 0.15) is 30.0 Å². The number of amides is 2. The van der Waals surface area contributed by atoms with Crippen LogP contribution in [0.1, 0.15) is 119 Å². The molecular formula is C57H75FN10O6S. The van der Waals surface area contributed by atoms with E-state index in [0.29, 0.717) is 41.7 Å². The number of aryl methyl sites for hydroxylation is 1. The summed E-state index contributed by atoms with van der Waals surface area (Å²) in [5.41, 5.74) is 23.8. The minimum atomic E-state index is -1.48. The summed E-state index contributed by atoms with van der Waals surface area (Å²) in [6, 6.07) is 19.5. The third-order valence-corrected chi connectivity index (χ3v) is 16.1. The Hall–Kier alpha value is -6.50. The van der Waals surface area contributed by atoms with Gasteiger partial charge in [-0.3, -0.25) is 9.59 Å². The molecule has 18 heteroatoms. The van der Waals surface area contributed by atoms with Crippen LogP contribution in [0.25, 0.3) is 16.1 Å². The third-order valence-electron chi connectivity index (χ3n) is 15.1. The predicted molar refractivity (Wildman–Crippen MR) is 291 cm³/mol. The van der Waals surface area contributed by atoms with Gasteiger partial charge in [-0.2, -0.15) is 0 Å². The first-order valence-electron chi connectivity index (χ1n) is 26.6. The van der Waals surface area contributed by atoms with E-state index in [0.717, 1.165) is 112 Å². The van der Waals surface area contributed by atoms with Crippen molar-refractivity contribution in [2.75, 3.05) is 44.2 Å². The van der Waals surface area contributed by atoms with Crippen LogP contribution >= 0.6 is 11.3 Å². The highest BCUT2D eigenvalue weighted by Gasteiger charge is 2.41. The number of phenolic OH excluding ortho intramolecular Hbond substituents is 1. The van der Waals surface area contributed by atoms with E-state index in [9.17, 15) is 19.8 Å². The summed E-state index contributed by atoms with van der Waals surface area (Å²) in [5, 5.41) is 27.3. The Kier molecular flexibility index (Phi) is 18.5. The van der Waals surface area contributed by atoms with Crippen LogP contribution < -0.4 is 32.2 Å². The molecule has 2 amide bonds. The smallest absolute Gasteiger partial charge is 0.243 e. The van der Waals surface area contributed by atoms with Crippen LogP contribution in [0.3, 0.4) is 0 Å². The third kappa shape index (κ3) is 14.1. The van der Waals surface area contributed by atoms with Gasteiger partial charge in [0.05, 0.1) is 34.0 Å². The molecule has 0 bridgehead atoms. The highest BCUT2D eigenvalue weighted by atomic mass is 32.1. The van der Waals surface area contributed by atoms with Gasteiger partial charge in [0.15, 0.2) is 11.6 Å². The first-order chi connectivity index (χ1) is 36.1. The molecule has 5 aromatic rings. The van der Waals surface area contributed by atoms with Crippen molar-refractivity contribution in [1.29, 1.82) is 0 Å². The number of benzene rings is 2. The molecule has 9 rings (SSSR count). The number of anilines is 1. The quantitative estimate of drug-likeness (QED) is 0.0483. The lowest BCUT2D eigenvalue weighted by Gasteiger charge is -2.36. The van der Waals surface area contributed by atoms with Gasteiger partial charge >= 0.3 is 0 Å². The average molecular weight is 1050 g/mol. The van der Waals surface area contributed by atoms with Gasteiger partial charge in [0.25, 0.3) is 0 Å². The highest BCUT2D eigenvalue weighted by molar-refractivity contribution is 7.13. The number of aliphatic hydroxyl groups excluding tert-OH is 1. The Morgan fingerprint density at radius 2 is 1.65 bits per heavy atom. The number of carbonyl (C=O) groups is 2. The lowest BCUT2D eigenvalue weighted by molar-refractivity contribution is -0.141. The number of nitrogens with zero attached hydrogens (tertiary/aromatic N) is 6. The molecule has 2 aromatic carbocycles. The standard InChI is InChI=1S/C36H50N6O4S.C21H25FN4O2/c1-23(2)33(31-20-32(39-46-31)41-18-11-26(12-19-41)21-40-16-13-29(43)14-17-40)36(45)42-15-5-6-30(42)35(44)38-24(3)27-7-9-28(10-8-27)34-25(4)37-22-47-34;22-17(10-13-8-9-26-20(11-13)28-14-4-3-5-14)16(21(24)25)12-18(23)15-6-1-2-7-19(15)27/h7-10,20,22-24,26,29-30,33,43H,5-6,11-19,21H2,1-4H3,(H,38,44);1-2,6-9,11-12,14,17,27H,3-5,10,23-25H2/b;18-12-. The molecule has 4 aliphatic rings. The molecule has 0 radical (unpaired) electrons. The fraction of sp³-hybridized carbons (Fsp3) is 0.491. The molecule has 402 valence electrons. The van der Waals surface area contributed by atoms with Gasteiger partial charge < -0.3 is 56.7 Å². The first-order valence-corrected chi connectivity index (χ1v) is 27.5. The SMILES string of the molecule is Cc1ncsc1-c1ccc(C(C)NC(=O)C2CCCN2C(=O)C(c2cc(N3CCC(CN4CCC(O)CC4)CC3)no2)C(C)C)cc1.NC(N)=C(/C=C(\N)c1ccccc1O)C(F)Cc1ccnc(OC2CCC2)c1. The van der Waals surface area contributed by atoms with Crippen molar-refractivity contribution in [1.82, 2.24) is 30.2 Å². The number of aliphatic hydroxyl groups is 1. The van der Waals surface area contributed by atoms with Gasteiger partial charge in [-0.1, -0.05) is 55.4 Å². The number of aromatic hydroxyl groups is 1. The molecule has 3 aliphatic heterocycles. The van der Waals surface area contributed by atoms with Crippen molar-refractivity contribution in [2.45, 2.75) is 128 Å². The number of carbonyl (C=O) groups excluding carboxylic acids is 2. The van der Waals surface area contributed by atoms with Crippen LogP contribution in [0.5, 0.6) is 11.6 Å². The molecule has 16 nitrogen and oxygen atoms in total. The molecule has 3 saturated heterocycles. The van der Waals surface area contributed by atoms with Crippen LogP contribution in [0.15, 0.2) is 100 Å². The molecule has 0 spiro atoms. The molecular weight excluding hydrogens is 972 g/mol. The van der Waals surface area contributed by atoms with Crippen LogP contribution in [0.2, 0.25) is 0 Å². The van der Waals surface area contributed by atoms with E-state index in [4.69, 9.17) is 26.5 Å². The topological polar surface area (TPSA) is 235 Å². The van der Waals surface area contributed by atoms with E-state index >= 15 is 4.39 Å². The summed E-state index contributed by atoms with van der Waals surface area (Å²) in [5.74, 6) is 1.63. The summed E-state index contributed by atoms with van der Waals surface area (Å²) in [6.07, 6.45) is 10.1. The second-order valence-electron chi connectivity index (χ2n) is 21.0. The second-order valence-corrected chi connectivity index (χ2v) is 21.8. The van der Waals surface area contributed by atoms with Gasteiger partial charge in [-0.15, -0.1) is 11.3 Å². The molecule has 4 atom stereocenters. The Balaban J connectivity index is 0.000000227. The number of pyridine rings is 1. The zero-order valence-corrected chi connectivity index (χ0v) is 44.6. The maximum atomic E-state index is 15.0. The molecule has 3 aromatic heterocycles. The minimum Gasteiger partial charge on any atom is -0.507 e. The van der Waals surface area contributed by atoms with E-state index in [1.807, 2.05) is 39.3 Å². The Labute approximate surface area is 444 Å². The van der Waals surface area contributed by atoms with Crippen molar-refractivity contribution in [3.8, 4) is 22.1 Å². The number of para-hydroxylation sites is 1. The molecule has 9 N–H and O–H groups in total. The number of ether oxygens (including phenoxy) is 1. The lowest BCUT2D eigenvalue weighted by Crippen LogP contribution is -2.48. The van der Waals surface area contributed by atoms with Gasteiger partial charge in [0.2, 0.25) is 17.7 Å². The summed E-state index contributed by atoms with van der Waals surface area (Å²) in [7, 11) is 0. The zero-order chi connectivity index (χ0) is 53.2. The molecule has 4 unspecified atom stereocenters. The Morgan fingerprint density at radius 3 is 2.31 bits per heavy atom.